The summed E-state index contributed by atoms with van der Waals surface area (Å²) in [4.78, 5) is 9.08. The first-order chi connectivity index (χ1) is 14.7. The third-order valence-electron chi connectivity index (χ3n) is 4.72. The van der Waals surface area contributed by atoms with E-state index in [1.54, 1.807) is 16.6 Å². The van der Waals surface area contributed by atoms with E-state index in [4.69, 9.17) is 27.4 Å². The number of halogens is 1. The van der Waals surface area contributed by atoms with Crippen molar-refractivity contribution in [3.8, 4) is 28.5 Å². The monoisotopic (exact) mass is 431 g/mol. The molecule has 0 aliphatic heterocycles. The fourth-order valence-corrected chi connectivity index (χ4v) is 3.61. The molecule has 156 valence electrons. The molecule has 0 radical (unpaired) electrons. The topological polar surface area (TPSA) is 105 Å². The summed E-state index contributed by atoms with van der Waals surface area (Å²) in [5.41, 5.74) is 10.7. The minimum Gasteiger partial charge on any atom is -0.368 e. The zero-order valence-electron chi connectivity index (χ0n) is 17.5. The van der Waals surface area contributed by atoms with E-state index in [1.165, 1.54) is 0 Å². The highest BCUT2D eigenvalue weighted by molar-refractivity contribution is 6.29. The van der Waals surface area contributed by atoms with Crippen LogP contribution in [0.25, 0.3) is 28.0 Å². The second-order valence-corrected chi connectivity index (χ2v) is 8.51. The molecule has 0 amide bonds. The molecule has 0 spiro atoms. The molecular formula is C23H22ClN7. The molecule has 7 nitrogen and oxygen atoms in total. The molecule has 31 heavy (non-hydrogen) atoms. The van der Waals surface area contributed by atoms with E-state index in [1.807, 2.05) is 57.3 Å². The number of hydrogen-bond acceptors (Lipinski definition) is 6. The van der Waals surface area contributed by atoms with E-state index < -0.39 is 0 Å². The Bertz CT molecular complexity index is 1290. The van der Waals surface area contributed by atoms with Gasteiger partial charge < -0.3 is 11.1 Å². The molecular weight excluding hydrogens is 410 g/mol. The van der Waals surface area contributed by atoms with Crippen LogP contribution in [-0.2, 0) is 0 Å². The van der Waals surface area contributed by atoms with Gasteiger partial charge in [0.15, 0.2) is 5.65 Å². The van der Waals surface area contributed by atoms with Gasteiger partial charge in [0.05, 0.1) is 17.2 Å². The minimum atomic E-state index is -0.385. The molecule has 4 aromatic rings. The maximum Gasteiger partial charge on any atom is 0.165 e. The van der Waals surface area contributed by atoms with Crippen molar-refractivity contribution in [1.82, 2.24) is 19.6 Å². The van der Waals surface area contributed by atoms with Gasteiger partial charge in [0, 0.05) is 29.5 Å². The number of fused-ring (bicyclic) bond motifs is 1. The molecule has 0 atom stereocenters. The average molecular weight is 432 g/mol. The lowest BCUT2D eigenvalue weighted by molar-refractivity contribution is 0.548. The average Bonchev–Trinajstić information content (AvgIpc) is 3.09. The largest absolute Gasteiger partial charge is 0.368 e. The van der Waals surface area contributed by atoms with Crippen molar-refractivity contribution in [3.05, 3.63) is 65.1 Å². The van der Waals surface area contributed by atoms with E-state index in [0.29, 0.717) is 34.4 Å². The van der Waals surface area contributed by atoms with Crippen LogP contribution in [0, 0.1) is 18.3 Å². The van der Waals surface area contributed by atoms with E-state index >= 15 is 0 Å². The Balaban J connectivity index is 1.98. The van der Waals surface area contributed by atoms with Gasteiger partial charge in [-0.3, -0.25) is 0 Å². The maximum absolute atomic E-state index is 9.64. The highest BCUT2D eigenvalue weighted by atomic mass is 35.5. The molecule has 1 aromatic carbocycles. The van der Waals surface area contributed by atoms with E-state index in [2.05, 4.69) is 16.4 Å². The van der Waals surface area contributed by atoms with Crippen LogP contribution in [0.2, 0.25) is 5.15 Å². The highest BCUT2D eigenvalue weighted by Gasteiger charge is 2.21. The Morgan fingerprint density at radius 1 is 1.19 bits per heavy atom. The summed E-state index contributed by atoms with van der Waals surface area (Å²) >= 11 is 6.27. The first-order valence-electron chi connectivity index (χ1n) is 9.81. The van der Waals surface area contributed by atoms with Gasteiger partial charge in [-0.2, -0.15) is 10.4 Å². The summed E-state index contributed by atoms with van der Waals surface area (Å²) in [6.07, 6.45) is 1.84. The van der Waals surface area contributed by atoms with Crippen molar-refractivity contribution in [1.29, 1.82) is 5.26 Å². The van der Waals surface area contributed by atoms with E-state index in [9.17, 15) is 5.26 Å². The summed E-state index contributed by atoms with van der Waals surface area (Å²) in [5, 5.41) is 18.1. The lowest BCUT2D eigenvalue weighted by atomic mass is 9.98. The maximum atomic E-state index is 9.64. The second kappa shape index (κ2) is 7.99. The summed E-state index contributed by atoms with van der Waals surface area (Å²) in [6.45, 7) is 6.33. The van der Waals surface area contributed by atoms with E-state index in [0.717, 1.165) is 22.4 Å². The number of hydrogen-bond donors (Lipinski definition) is 2. The van der Waals surface area contributed by atoms with E-state index in [-0.39, 0.29) is 5.54 Å². The third-order valence-corrected chi connectivity index (χ3v) is 4.92. The molecule has 0 saturated heterocycles. The third kappa shape index (κ3) is 4.36. The molecule has 0 aliphatic rings. The van der Waals surface area contributed by atoms with Crippen molar-refractivity contribution in [2.45, 2.75) is 26.3 Å². The lowest BCUT2D eigenvalue weighted by Crippen LogP contribution is -2.39. The zero-order valence-corrected chi connectivity index (χ0v) is 18.3. The van der Waals surface area contributed by atoms with Crippen molar-refractivity contribution in [2.24, 2.45) is 5.73 Å². The van der Waals surface area contributed by atoms with Crippen LogP contribution in [0.1, 0.15) is 25.1 Å². The molecule has 3 aromatic heterocycles. The number of nitrogens with one attached hydrogen (secondary N) is 1. The lowest BCUT2D eigenvalue weighted by Gasteiger charge is -2.19. The molecule has 4 rings (SSSR count). The summed E-state index contributed by atoms with van der Waals surface area (Å²) in [7, 11) is 0. The summed E-state index contributed by atoms with van der Waals surface area (Å²) in [6, 6.07) is 15.2. The van der Waals surface area contributed by atoms with Gasteiger partial charge in [-0.1, -0.05) is 29.8 Å². The Hall–Kier alpha value is -3.47. The van der Waals surface area contributed by atoms with Crippen LogP contribution >= 0.6 is 11.6 Å². The van der Waals surface area contributed by atoms with Gasteiger partial charge in [-0.25, -0.2) is 14.5 Å². The van der Waals surface area contributed by atoms with Crippen molar-refractivity contribution in [3.63, 3.8) is 0 Å². The quantitative estimate of drug-likeness (QED) is 0.452. The fourth-order valence-electron chi connectivity index (χ4n) is 3.36. The molecule has 3 N–H and O–H groups in total. The number of nitrogens with two attached hydrogens (primary N) is 1. The SMILES string of the molecule is Cc1cc(-c2c(-c3ccccc3C#N)nn3ccc(NCC(C)(C)N)nc23)cc(Cl)n1. The molecule has 3 heterocycles. The first-order valence-corrected chi connectivity index (χ1v) is 10.2. The number of pyridine rings is 1. The standard InChI is InChI=1S/C23H22ClN7/c1-14-10-16(11-18(24)28-14)20-21(17-7-5-4-6-15(17)12-25)30-31-9-8-19(29-22(20)31)27-13-23(2,3)26/h4-11H,13,26H2,1-3H3,(H,27,29). The first kappa shape index (κ1) is 20.8. The molecule has 0 aliphatic carbocycles. The molecule has 0 fully saturated rings. The molecule has 0 unspecified atom stereocenters. The number of aromatic nitrogens is 4. The second-order valence-electron chi connectivity index (χ2n) is 8.12. The molecule has 8 heteroatoms. The number of rotatable bonds is 5. The van der Waals surface area contributed by atoms with Crippen LogP contribution in [0.15, 0.2) is 48.7 Å². The summed E-state index contributed by atoms with van der Waals surface area (Å²) < 4.78 is 1.71. The Kier molecular flexibility index (Phi) is 5.36. The number of benzene rings is 1. The number of anilines is 1. The van der Waals surface area contributed by atoms with Crippen molar-refractivity contribution in [2.75, 3.05) is 11.9 Å². The predicted molar refractivity (Wildman–Crippen MR) is 123 cm³/mol. The van der Waals surface area contributed by atoms with Crippen LogP contribution in [0.3, 0.4) is 0 Å². The van der Waals surface area contributed by atoms with Gasteiger partial charge in [0.25, 0.3) is 0 Å². The predicted octanol–water partition coefficient (Wildman–Crippen LogP) is 4.44. The fraction of sp³-hybridized carbons (Fsp3) is 0.217. The van der Waals surface area contributed by atoms with Gasteiger partial charge in [0.2, 0.25) is 0 Å². The normalized spacial score (nSPS) is 11.5. The Labute approximate surface area is 185 Å². The van der Waals surface area contributed by atoms with Gasteiger partial charge in [-0.15, -0.1) is 0 Å². The number of nitriles is 1. The molecule has 0 bridgehead atoms. The Morgan fingerprint density at radius 3 is 2.68 bits per heavy atom. The van der Waals surface area contributed by atoms with Crippen LogP contribution in [0.4, 0.5) is 5.82 Å². The minimum absolute atomic E-state index is 0.382. The van der Waals surface area contributed by atoms with Crippen LogP contribution in [0.5, 0.6) is 0 Å². The zero-order chi connectivity index (χ0) is 22.2. The number of nitrogens with zero attached hydrogens (tertiary/aromatic N) is 5. The molecule has 0 saturated carbocycles. The smallest absolute Gasteiger partial charge is 0.165 e. The van der Waals surface area contributed by atoms with Crippen LogP contribution < -0.4 is 11.1 Å². The van der Waals surface area contributed by atoms with Crippen LogP contribution in [-0.4, -0.2) is 31.7 Å². The van der Waals surface area contributed by atoms with Crippen molar-refractivity contribution >= 4 is 23.1 Å². The van der Waals surface area contributed by atoms with Gasteiger partial charge in [-0.05, 0) is 50.6 Å². The van der Waals surface area contributed by atoms with Crippen molar-refractivity contribution < 1.29 is 0 Å². The van der Waals surface area contributed by atoms with Gasteiger partial charge >= 0.3 is 0 Å². The van der Waals surface area contributed by atoms with Gasteiger partial charge in [0.1, 0.15) is 16.7 Å². The number of aryl methyl sites for hydroxylation is 1. The Morgan fingerprint density at radius 2 is 1.97 bits per heavy atom. The summed E-state index contributed by atoms with van der Waals surface area (Å²) in [5.74, 6) is 0.684. The highest BCUT2D eigenvalue weighted by Crippen LogP contribution is 2.37.